The van der Waals surface area contributed by atoms with E-state index in [1.165, 1.54) is 0 Å². The van der Waals surface area contributed by atoms with Gasteiger partial charge in [-0.25, -0.2) is 0 Å². The minimum atomic E-state index is -1.27. The van der Waals surface area contributed by atoms with Crippen molar-refractivity contribution < 1.29 is 13.8 Å². The summed E-state index contributed by atoms with van der Waals surface area (Å²) in [6.45, 7) is 0. The van der Waals surface area contributed by atoms with Gasteiger partial charge in [-0.05, 0) is 30.7 Å². The Labute approximate surface area is 159 Å². The molecule has 27 heavy (non-hydrogen) atoms. The fourth-order valence-electron chi connectivity index (χ4n) is 2.73. The van der Waals surface area contributed by atoms with Crippen molar-refractivity contribution in [3.8, 4) is 0 Å². The molecule has 0 aliphatic rings. The summed E-state index contributed by atoms with van der Waals surface area (Å²) in [4.78, 5) is 29.3. The second kappa shape index (κ2) is 8.55. The quantitative estimate of drug-likeness (QED) is 0.653. The van der Waals surface area contributed by atoms with Gasteiger partial charge in [-0.15, -0.1) is 0 Å². The summed E-state index contributed by atoms with van der Waals surface area (Å²) in [5.41, 5.74) is 6.53. The number of amides is 2. The van der Waals surface area contributed by atoms with E-state index >= 15 is 0 Å². The summed E-state index contributed by atoms with van der Waals surface area (Å²) in [5, 5.41) is 3.34. The number of nitrogens with zero attached hydrogens (tertiary/aromatic N) is 1. The molecular formula is C20H19N3O3S. The Morgan fingerprint density at radius 1 is 1.04 bits per heavy atom. The lowest BCUT2D eigenvalue weighted by molar-refractivity contribution is -0.119. The van der Waals surface area contributed by atoms with Gasteiger partial charge in [0.25, 0.3) is 5.91 Å². The van der Waals surface area contributed by atoms with E-state index in [1.807, 2.05) is 18.2 Å². The van der Waals surface area contributed by atoms with Crippen LogP contribution in [0.3, 0.4) is 0 Å². The fourth-order valence-corrected chi connectivity index (χ4v) is 3.88. The van der Waals surface area contributed by atoms with Gasteiger partial charge in [-0.2, -0.15) is 0 Å². The first-order valence-corrected chi connectivity index (χ1v) is 9.75. The molecule has 2 amide bonds. The minimum Gasteiger partial charge on any atom is -0.368 e. The van der Waals surface area contributed by atoms with Gasteiger partial charge in [0.1, 0.15) is 6.04 Å². The summed E-state index contributed by atoms with van der Waals surface area (Å²) >= 11 is 0. The minimum absolute atomic E-state index is 0.186. The van der Waals surface area contributed by atoms with E-state index in [9.17, 15) is 13.8 Å². The van der Waals surface area contributed by atoms with Gasteiger partial charge in [-0.1, -0.05) is 36.4 Å². The summed E-state index contributed by atoms with van der Waals surface area (Å²) in [7, 11) is -1.27. The molecule has 0 aliphatic heterocycles. The third-order valence-electron chi connectivity index (χ3n) is 4.14. The van der Waals surface area contributed by atoms with Crippen LogP contribution in [-0.2, 0) is 15.6 Å². The van der Waals surface area contributed by atoms with Gasteiger partial charge in [0.05, 0.1) is 21.9 Å². The van der Waals surface area contributed by atoms with E-state index in [2.05, 4.69) is 10.3 Å². The van der Waals surface area contributed by atoms with Gasteiger partial charge in [0.2, 0.25) is 5.91 Å². The van der Waals surface area contributed by atoms with Crippen molar-refractivity contribution in [2.45, 2.75) is 17.4 Å². The van der Waals surface area contributed by atoms with Crippen LogP contribution in [0.2, 0.25) is 0 Å². The third-order valence-corrected chi connectivity index (χ3v) is 5.54. The highest BCUT2D eigenvalue weighted by molar-refractivity contribution is 7.85. The van der Waals surface area contributed by atoms with Crippen molar-refractivity contribution >= 4 is 33.5 Å². The van der Waals surface area contributed by atoms with Crippen molar-refractivity contribution in [2.24, 2.45) is 5.73 Å². The lowest BCUT2D eigenvalue weighted by atomic mass is 10.1. The number of hydrogen-bond acceptors (Lipinski definition) is 4. The zero-order chi connectivity index (χ0) is 19.2. The average Bonchev–Trinajstić information content (AvgIpc) is 2.70. The van der Waals surface area contributed by atoms with Gasteiger partial charge in [0.15, 0.2) is 0 Å². The molecule has 0 saturated heterocycles. The Bertz CT molecular complexity index is 987. The molecule has 0 radical (unpaired) electrons. The van der Waals surface area contributed by atoms with Crippen LogP contribution in [0.25, 0.3) is 10.9 Å². The Balaban J connectivity index is 1.71. The molecule has 0 aliphatic carbocycles. The zero-order valence-corrected chi connectivity index (χ0v) is 15.3. The third kappa shape index (κ3) is 4.57. The molecule has 2 atom stereocenters. The van der Waals surface area contributed by atoms with E-state index in [0.717, 1.165) is 0 Å². The Kier molecular flexibility index (Phi) is 5.93. The molecule has 1 aromatic heterocycles. The number of nitrogens with one attached hydrogen (secondary N) is 1. The first kappa shape index (κ1) is 18.7. The number of fused-ring (bicyclic) bond motifs is 1. The SMILES string of the molecule is NC(=O)[C@H](CC[S@](=O)c1ccccc1)NC(=O)c1ccnc2ccccc12. The number of benzene rings is 2. The van der Waals surface area contributed by atoms with Crippen LogP contribution in [0, 0.1) is 0 Å². The highest BCUT2D eigenvalue weighted by atomic mass is 32.2. The van der Waals surface area contributed by atoms with Crippen molar-refractivity contribution in [1.82, 2.24) is 10.3 Å². The lowest BCUT2D eigenvalue weighted by Gasteiger charge is -2.16. The number of pyridine rings is 1. The molecule has 3 N–H and O–H groups in total. The van der Waals surface area contributed by atoms with Crippen LogP contribution in [0.5, 0.6) is 0 Å². The van der Waals surface area contributed by atoms with Crippen LogP contribution in [0.15, 0.2) is 71.8 Å². The maximum absolute atomic E-state index is 12.7. The average molecular weight is 381 g/mol. The smallest absolute Gasteiger partial charge is 0.252 e. The molecule has 6 nitrogen and oxygen atoms in total. The number of aromatic nitrogens is 1. The summed E-state index contributed by atoms with van der Waals surface area (Å²) in [5.74, 6) is -0.857. The van der Waals surface area contributed by atoms with E-state index in [4.69, 9.17) is 5.73 Å². The largest absolute Gasteiger partial charge is 0.368 e. The highest BCUT2D eigenvalue weighted by Crippen LogP contribution is 2.16. The number of carbonyl (C=O) groups excluding carboxylic acids is 2. The molecule has 0 bridgehead atoms. The topological polar surface area (TPSA) is 102 Å². The summed E-state index contributed by atoms with van der Waals surface area (Å²) < 4.78 is 12.3. The first-order valence-electron chi connectivity index (χ1n) is 8.43. The number of primary amides is 1. The molecule has 0 spiro atoms. The monoisotopic (exact) mass is 381 g/mol. The van der Waals surface area contributed by atoms with Crippen LogP contribution >= 0.6 is 0 Å². The van der Waals surface area contributed by atoms with E-state index in [1.54, 1.807) is 48.7 Å². The van der Waals surface area contributed by atoms with Gasteiger partial charge in [-0.3, -0.25) is 18.8 Å². The second-order valence-corrected chi connectivity index (χ2v) is 7.53. The first-order chi connectivity index (χ1) is 13.1. The zero-order valence-electron chi connectivity index (χ0n) is 14.5. The molecular weight excluding hydrogens is 362 g/mol. The van der Waals surface area contributed by atoms with Crippen LogP contribution < -0.4 is 11.1 Å². The van der Waals surface area contributed by atoms with Crippen LogP contribution in [-0.4, -0.2) is 32.8 Å². The summed E-state index contributed by atoms with van der Waals surface area (Å²) in [6, 6.07) is 16.9. The Hall–Kier alpha value is -3.06. The second-order valence-electron chi connectivity index (χ2n) is 5.96. The molecule has 0 fully saturated rings. The van der Waals surface area contributed by atoms with Crippen LogP contribution in [0.1, 0.15) is 16.8 Å². The maximum Gasteiger partial charge on any atom is 0.252 e. The molecule has 3 rings (SSSR count). The highest BCUT2D eigenvalue weighted by Gasteiger charge is 2.21. The number of para-hydroxylation sites is 1. The molecule has 2 aromatic carbocycles. The van der Waals surface area contributed by atoms with Crippen LogP contribution in [0.4, 0.5) is 0 Å². The summed E-state index contributed by atoms with van der Waals surface area (Å²) in [6.07, 6.45) is 1.73. The maximum atomic E-state index is 12.7. The van der Waals surface area contributed by atoms with Gasteiger partial charge in [0, 0.05) is 22.2 Å². The van der Waals surface area contributed by atoms with E-state index in [-0.39, 0.29) is 12.2 Å². The number of hydrogen-bond donors (Lipinski definition) is 2. The number of carbonyl (C=O) groups is 2. The molecule has 138 valence electrons. The van der Waals surface area contributed by atoms with Crippen molar-refractivity contribution in [3.63, 3.8) is 0 Å². The van der Waals surface area contributed by atoms with Gasteiger partial charge >= 0.3 is 0 Å². The Morgan fingerprint density at radius 2 is 1.74 bits per heavy atom. The van der Waals surface area contributed by atoms with Crippen molar-refractivity contribution in [3.05, 3.63) is 72.4 Å². The predicted molar refractivity (Wildman–Crippen MR) is 105 cm³/mol. The number of nitrogens with two attached hydrogens (primary N) is 1. The van der Waals surface area contributed by atoms with E-state index < -0.39 is 28.7 Å². The fraction of sp³-hybridized carbons (Fsp3) is 0.150. The molecule has 1 heterocycles. The van der Waals surface area contributed by atoms with E-state index in [0.29, 0.717) is 21.4 Å². The molecule has 7 heteroatoms. The van der Waals surface area contributed by atoms with Crippen molar-refractivity contribution in [2.75, 3.05) is 5.75 Å². The normalized spacial score (nSPS) is 13.0. The number of rotatable bonds is 7. The van der Waals surface area contributed by atoms with Crippen molar-refractivity contribution in [1.29, 1.82) is 0 Å². The predicted octanol–water partition coefficient (Wildman–Crippen LogP) is 2.02. The molecule has 3 aromatic rings. The lowest BCUT2D eigenvalue weighted by Crippen LogP contribution is -2.45. The molecule has 0 saturated carbocycles. The van der Waals surface area contributed by atoms with Gasteiger partial charge < -0.3 is 11.1 Å². The Morgan fingerprint density at radius 3 is 2.48 bits per heavy atom. The molecule has 0 unspecified atom stereocenters. The standard InChI is InChI=1S/C20H19N3O3S/c21-19(24)18(11-13-27(26)14-6-2-1-3-7-14)23-20(25)16-10-12-22-17-9-5-4-8-15(16)17/h1-10,12,18H,11,13H2,(H2,21,24)(H,23,25)/t18-,27-/m0/s1.